The first-order valence-corrected chi connectivity index (χ1v) is 8.46. The van der Waals surface area contributed by atoms with Crippen LogP contribution in [0.4, 0.5) is 27.6 Å². The van der Waals surface area contributed by atoms with Crippen LogP contribution < -0.4 is 10.1 Å². The van der Waals surface area contributed by atoms with Crippen LogP contribution in [0.5, 0.6) is 5.75 Å². The molecule has 0 aliphatic heterocycles. The number of nitrogens with one attached hydrogen (secondary N) is 1. The van der Waals surface area contributed by atoms with Crippen molar-refractivity contribution in [2.75, 3.05) is 5.32 Å². The zero-order chi connectivity index (χ0) is 21.3. The summed E-state index contributed by atoms with van der Waals surface area (Å²) in [6.45, 7) is 1.55. The molecule has 2 aromatic rings. The van der Waals surface area contributed by atoms with Crippen LogP contribution in [0.1, 0.15) is 35.3 Å². The van der Waals surface area contributed by atoms with E-state index in [4.69, 9.17) is 4.74 Å². The van der Waals surface area contributed by atoms with Crippen molar-refractivity contribution < 1.29 is 36.3 Å². The van der Waals surface area contributed by atoms with Gasteiger partial charge in [-0.3, -0.25) is 9.59 Å². The Bertz CT molecular complexity index is 890. The zero-order valence-corrected chi connectivity index (χ0v) is 16.0. The van der Waals surface area contributed by atoms with Gasteiger partial charge in [-0.1, -0.05) is 15.9 Å². The normalized spacial score (nSPS) is 11.9. The van der Waals surface area contributed by atoms with Gasteiger partial charge in [0.25, 0.3) is 11.8 Å². The van der Waals surface area contributed by atoms with Crippen LogP contribution in [-0.2, 0) is 16.9 Å². The predicted molar refractivity (Wildman–Crippen MR) is 94.4 cm³/mol. The number of anilines is 1. The Kier molecular flexibility index (Phi) is 6.12. The molecule has 0 radical (unpaired) electrons. The molecule has 1 amide bonds. The monoisotopic (exact) mass is 465 g/mol. The van der Waals surface area contributed by atoms with Crippen molar-refractivity contribution in [2.45, 2.75) is 25.9 Å². The summed E-state index contributed by atoms with van der Waals surface area (Å²) in [5.41, 5.74) is -2.90. The number of rotatable bonds is 4. The minimum Gasteiger partial charge on any atom is -0.426 e. The SMILES string of the molecule is CC(=O)Oc1ccc(Br)cc1C(=O)Nc1cc(C(C)(F)F)cc(C(F)(F)F)c1. The predicted octanol–water partition coefficient (Wildman–Crippen LogP) is 5.76. The molecule has 0 atom stereocenters. The van der Waals surface area contributed by atoms with Gasteiger partial charge in [0.15, 0.2) is 0 Å². The van der Waals surface area contributed by atoms with Gasteiger partial charge in [-0.25, -0.2) is 8.78 Å². The van der Waals surface area contributed by atoms with E-state index in [9.17, 15) is 31.5 Å². The second-order valence-corrected chi connectivity index (χ2v) is 6.79. The molecule has 0 bridgehead atoms. The fourth-order valence-corrected chi connectivity index (χ4v) is 2.60. The molecule has 0 aliphatic rings. The van der Waals surface area contributed by atoms with Gasteiger partial charge in [-0.05, 0) is 36.4 Å². The first-order chi connectivity index (χ1) is 12.8. The number of benzene rings is 2. The lowest BCUT2D eigenvalue weighted by Gasteiger charge is -2.17. The number of hydrogen-bond acceptors (Lipinski definition) is 3. The highest BCUT2D eigenvalue weighted by atomic mass is 79.9. The number of halogens is 6. The Morgan fingerprint density at radius 3 is 2.14 bits per heavy atom. The molecule has 0 saturated carbocycles. The zero-order valence-electron chi connectivity index (χ0n) is 14.5. The number of ether oxygens (including phenoxy) is 1. The summed E-state index contributed by atoms with van der Waals surface area (Å²) < 4.78 is 71.6. The Labute approximate surface area is 164 Å². The number of carbonyl (C=O) groups is 2. The van der Waals surface area contributed by atoms with E-state index in [1.54, 1.807) is 0 Å². The Morgan fingerprint density at radius 1 is 1.00 bits per heavy atom. The second kappa shape index (κ2) is 7.86. The van der Waals surface area contributed by atoms with Crippen LogP contribution in [-0.4, -0.2) is 11.9 Å². The van der Waals surface area contributed by atoms with E-state index in [1.165, 1.54) is 18.2 Å². The highest BCUT2D eigenvalue weighted by Gasteiger charge is 2.34. The molecule has 1 N–H and O–H groups in total. The maximum absolute atomic E-state index is 13.6. The van der Waals surface area contributed by atoms with Gasteiger partial charge in [0, 0.05) is 29.6 Å². The van der Waals surface area contributed by atoms with Gasteiger partial charge in [0.2, 0.25) is 0 Å². The summed E-state index contributed by atoms with van der Waals surface area (Å²) in [5.74, 6) is -5.36. The van der Waals surface area contributed by atoms with E-state index >= 15 is 0 Å². The van der Waals surface area contributed by atoms with Crippen molar-refractivity contribution in [3.05, 3.63) is 57.6 Å². The summed E-state index contributed by atoms with van der Waals surface area (Å²) in [4.78, 5) is 23.7. The lowest BCUT2D eigenvalue weighted by molar-refractivity contribution is -0.137. The molecule has 0 saturated heterocycles. The third kappa shape index (κ3) is 5.51. The van der Waals surface area contributed by atoms with Crippen LogP contribution >= 0.6 is 15.9 Å². The van der Waals surface area contributed by atoms with Crippen molar-refractivity contribution >= 4 is 33.5 Å². The minimum atomic E-state index is -4.89. The lowest BCUT2D eigenvalue weighted by atomic mass is 10.0. The maximum atomic E-state index is 13.6. The topological polar surface area (TPSA) is 55.4 Å². The number of carbonyl (C=O) groups excluding carboxylic acids is 2. The molecule has 0 unspecified atom stereocenters. The third-order valence-corrected chi connectivity index (χ3v) is 3.96. The lowest BCUT2D eigenvalue weighted by Crippen LogP contribution is -2.17. The number of esters is 1. The summed E-state index contributed by atoms with van der Waals surface area (Å²) in [6.07, 6.45) is -4.89. The standard InChI is InChI=1S/C18H13BrF5NO3/c1-9(26)28-15-4-3-12(19)8-14(15)16(27)25-13-6-10(17(2,20)21)5-11(7-13)18(22,23)24/h3-8H,1-2H3,(H,25,27). The first-order valence-electron chi connectivity index (χ1n) is 7.67. The summed E-state index contributed by atoms with van der Waals surface area (Å²) in [7, 11) is 0. The Hall–Kier alpha value is -2.49. The third-order valence-electron chi connectivity index (χ3n) is 3.47. The van der Waals surface area contributed by atoms with E-state index < -0.39 is 40.8 Å². The molecule has 0 spiro atoms. The molecule has 0 aromatic heterocycles. The van der Waals surface area contributed by atoms with Crippen LogP contribution in [0.25, 0.3) is 0 Å². The largest absolute Gasteiger partial charge is 0.426 e. The molecular formula is C18H13BrF5NO3. The van der Waals surface area contributed by atoms with Crippen molar-refractivity contribution in [2.24, 2.45) is 0 Å². The van der Waals surface area contributed by atoms with Crippen molar-refractivity contribution in [3.8, 4) is 5.75 Å². The van der Waals surface area contributed by atoms with E-state index in [-0.39, 0.29) is 11.3 Å². The van der Waals surface area contributed by atoms with E-state index in [0.29, 0.717) is 23.5 Å². The van der Waals surface area contributed by atoms with Gasteiger partial charge in [0.1, 0.15) is 5.75 Å². The number of amides is 1. The van der Waals surface area contributed by atoms with Gasteiger partial charge < -0.3 is 10.1 Å². The number of alkyl halides is 5. The molecule has 2 aromatic carbocycles. The van der Waals surface area contributed by atoms with Gasteiger partial charge >= 0.3 is 12.1 Å². The van der Waals surface area contributed by atoms with Crippen LogP contribution in [0.3, 0.4) is 0 Å². The van der Waals surface area contributed by atoms with Gasteiger partial charge in [0.05, 0.1) is 11.1 Å². The summed E-state index contributed by atoms with van der Waals surface area (Å²) >= 11 is 3.12. The van der Waals surface area contributed by atoms with Crippen molar-refractivity contribution in [1.29, 1.82) is 0 Å². The van der Waals surface area contributed by atoms with E-state index in [1.807, 2.05) is 0 Å². The fraction of sp³-hybridized carbons (Fsp3) is 0.222. The van der Waals surface area contributed by atoms with Crippen LogP contribution in [0, 0.1) is 0 Å². The molecular weight excluding hydrogens is 453 g/mol. The second-order valence-electron chi connectivity index (χ2n) is 5.87. The van der Waals surface area contributed by atoms with Crippen molar-refractivity contribution in [1.82, 2.24) is 0 Å². The molecule has 10 heteroatoms. The fourth-order valence-electron chi connectivity index (χ4n) is 2.24. The summed E-state index contributed by atoms with van der Waals surface area (Å²) in [5, 5.41) is 2.14. The molecule has 150 valence electrons. The summed E-state index contributed by atoms with van der Waals surface area (Å²) in [6, 6.07) is 5.66. The molecule has 0 heterocycles. The average molecular weight is 466 g/mol. The quantitative estimate of drug-likeness (QED) is 0.355. The number of hydrogen-bond donors (Lipinski definition) is 1. The molecule has 0 fully saturated rings. The highest BCUT2D eigenvalue weighted by molar-refractivity contribution is 9.10. The van der Waals surface area contributed by atoms with Crippen LogP contribution in [0.15, 0.2) is 40.9 Å². The van der Waals surface area contributed by atoms with E-state index in [0.717, 1.165) is 13.0 Å². The van der Waals surface area contributed by atoms with Gasteiger partial charge in [-0.2, -0.15) is 13.2 Å². The molecule has 28 heavy (non-hydrogen) atoms. The first kappa shape index (κ1) is 21.8. The maximum Gasteiger partial charge on any atom is 0.416 e. The van der Waals surface area contributed by atoms with E-state index in [2.05, 4.69) is 21.2 Å². The smallest absolute Gasteiger partial charge is 0.416 e. The molecule has 2 rings (SSSR count). The Morgan fingerprint density at radius 2 is 1.61 bits per heavy atom. The van der Waals surface area contributed by atoms with Crippen molar-refractivity contribution in [3.63, 3.8) is 0 Å². The van der Waals surface area contributed by atoms with Gasteiger partial charge in [-0.15, -0.1) is 0 Å². The van der Waals surface area contributed by atoms with Crippen LogP contribution in [0.2, 0.25) is 0 Å². The highest BCUT2D eigenvalue weighted by Crippen LogP contribution is 2.37. The Balaban J connectivity index is 2.47. The molecule has 4 nitrogen and oxygen atoms in total. The molecule has 0 aliphatic carbocycles. The average Bonchev–Trinajstić information content (AvgIpc) is 2.54. The minimum absolute atomic E-state index is 0.138.